The monoisotopic (exact) mass is 335 g/mol. The lowest BCUT2D eigenvalue weighted by Crippen LogP contribution is -2.30. The number of ether oxygens (including phenoxy) is 1. The molecule has 1 saturated heterocycles. The Morgan fingerprint density at radius 2 is 1.84 bits per heavy atom. The van der Waals surface area contributed by atoms with E-state index in [9.17, 15) is 9.59 Å². The van der Waals surface area contributed by atoms with Gasteiger partial charge in [0, 0.05) is 18.9 Å². The number of benzene rings is 2. The molecule has 0 saturated carbocycles. The minimum Gasteiger partial charge on any atom is -0.461 e. The smallest absolute Gasteiger partial charge is 0.310 e. The number of carbonyl (C=O) groups is 2. The van der Waals surface area contributed by atoms with E-state index in [1.807, 2.05) is 42.5 Å². The van der Waals surface area contributed by atoms with Gasteiger partial charge in [0.15, 0.2) is 0 Å². The Balaban J connectivity index is 1.46. The fraction of sp³-hybridized carbons (Fsp3) is 0.333. The van der Waals surface area contributed by atoms with Gasteiger partial charge in [-0.1, -0.05) is 54.6 Å². The van der Waals surface area contributed by atoms with Gasteiger partial charge in [-0.15, -0.1) is 0 Å². The highest BCUT2D eigenvalue weighted by molar-refractivity contribution is 5.85. The third-order valence-corrected chi connectivity index (χ3v) is 5.25. The second-order valence-corrected chi connectivity index (χ2v) is 6.81. The first kappa shape index (κ1) is 15.9. The maximum atomic E-state index is 12.4. The van der Waals surface area contributed by atoms with E-state index in [1.54, 1.807) is 0 Å². The molecule has 0 radical (unpaired) electrons. The van der Waals surface area contributed by atoms with Crippen molar-refractivity contribution in [2.24, 2.45) is 5.92 Å². The Morgan fingerprint density at radius 1 is 1.08 bits per heavy atom. The van der Waals surface area contributed by atoms with E-state index in [0.29, 0.717) is 6.54 Å². The summed E-state index contributed by atoms with van der Waals surface area (Å²) in [7, 11) is 0. The lowest BCUT2D eigenvalue weighted by molar-refractivity contribution is -0.145. The van der Waals surface area contributed by atoms with Crippen molar-refractivity contribution in [2.45, 2.75) is 37.8 Å². The summed E-state index contributed by atoms with van der Waals surface area (Å²) >= 11 is 0. The maximum Gasteiger partial charge on any atom is 0.310 e. The summed E-state index contributed by atoms with van der Waals surface area (Å²) in [5.41, 5.74) is 3.49. The van der Waals surface area contributed by atoms with Crippen LogP contribution in [0.1, 0.15) is 35.4 Å². The molecule has 4 heteroatoms. The molecule has 3 unspecified atom stereocenters. The minimum absolute atomic E-state index is 0.0000692. The predicted molar refractivity (Wildman–Crippen MR) is 93.8 cm³/mol. The zero-order valence-electron chi connectivity index (χ0n) is 14.0. The number of fused-ring (bicyclic) bond motifs is 3. The number of hydrogen-bond acceptors (Lipinski definition) is 3. The Labute approximate surface area is 147 Å². The largest absolute Gasteiger partial charge is 0.461 e. The van der Waals surface area contributed by atoms with Crippen LogP contribution in [0.3, 0.4) is 0 Å². The Kier molecular flexibility index (Phi) is 4.26. The molecule has 0 aromatic heterocycles. The SMILES string of the molecule is O=C(CC1C(=O)OC2CCc3ccccc3C21)NCc1ccccc1. The van der Waals surface area contributed by atoms with E-state index in [2.05, 4.69) is 17.4 Å². The molecule has 128 valence electrons. The van der Waals surface area contributed by atoms with Crippen molar-refractivity contribution in [3.8, 4) is 0 Å². The second kappa shape index (κ2) is 6.71. The van der Waals surface area contributed by atoms with Gasteiger partial charge in [0.05, 0.1) is 5.92 Å². The molecule has 25 heavy (non-hydrogen) atoms. The highest BCUT2D eigenvalue weighted by Gasteiger charge is 2.48. The predicted octanol–water partition coefficient (Wildman–Crippen LogP) is 2.96. The molecule has 1 aliphatic carbocycles. The molecular weight excluding hydrogens is 314 g/mol. The van der Waals surface area contributed by atoms with Crippen LogP contribution in [0.4, 0.5) is 0 Å². The second-order valence-electron chi connectivity index (χ2n) is 6.81. The van der Waals surface area contributed by atoms with Crippen LogP contribution in [-0.2, 0) is 27.3 Å². The van der Waals surface area contributed by atoms with Gasteiger partial charge >= 0.3 is 5.97 Å². The molecule has 0 bridgehead atoms. The molecule has 1 heterocycles. The Bertz CT molecular complexity index is 787. The summed E-state index contributed by atoms with van der Waals surface area (Å²) in [5, 5.41) is 2.92. The zero-order valence-corrected chi connectivity index (χ0v) is 14.0. The number of hydrogen-bond donors (Lipinski definition) is 1. The summed E-state index contributed by atoms with van der Waals surface area (Å²) in [6.45, 7) is 0.478. The summed E-state index contributed by atoms with van der Waals surface area (Å²) in [5.74, 6) is -0.724. The molecule has 4 rings (SSSR count). The van der Waals surface area contributed by atoms with E-state index in [4.69, 9.17) is 4.74 Å². The Hall–Kier alpha value is -2.62. The highest BCUT2D eigenvalue weighted by atomic mass is 16.6. The number of carbonyl (C=O) groups excluding carboxylic acids is 2. The van der Waals surface area contributed by atoms with Crippen molar-refractivity contribution in [2.75, 3.05) is 0 Å². The summed E-state index contributed by atoms with van der Waals surface area (Å²) in [4.78, 5) is 24.7. The van der Waals surface area contributed by atoms with Crippen LogP contribution in [0.15, 0.2) is 54.6 Å². The Morgan fingerprint density at radius 3 is 2.68 bits per heavy atom. The van der Waals surface area contributed by atoms with Crippen LogP contribution in [0, 0.1) is 5.92 Å². The molecule has 3 atom stereocenters. The van der Waals surface area contributed by atoms with E-state index < -0.39 is 0 Å². The first-order chi connectivity index (χ1) is 12.2. The number of aryl methyl sites for hydroxylation is 1. The fourth-order valence-electron chi connectivity index (χ4n) is 4.03. The van der Waals surface area contributed by atoms with Crippen molar-refractivity contribution in [1.29, 1.82) is 0 Å². The summed E-state index contributed by atoms with van der Waals surface area (Å²) < 4.78 is 5.58. The van der Waals surface area contributed by atoms with Crippen molar-refractivity contribution >= 4 is 11.9 Å². The molecule has 1 N–H and O–H groups in total. The first-order valence-electron chi connectivity index (χ1n) is 8.81. The van der Waals surface area contributed by atoms with Gasteiger partial charge in [0.1, 0.15) is 6.10 Å². The van der Waals surface area contributed by atoms with Gasteiger partial charge in [0.2, 0.25) is 5.91 Å². The molecule has 0 spiro atoms. The van der Waals surface area contributed by atoms with Gasteiger partial charge in [-0.05, 0) is 29.5 Å². The van der Waals surface area contributed by atoms with Gasteiger partial charge in [-0.25, -0.2) is 0 Å². The van der Waals surface area contributed by atoms with Gasteiger partial charge < -0.3 is 10.1 Å². The minimum atomic E-state index is -0.387. The molecule has 2 aromatic carbocycles. The van der Waals surface area contributed by atoms with Crippen molar-refractivity contribution in [3.63, 3.8) is 0 Å². The number of rotatable bonds is 4. The van der Waals surface area contributed by atoms with E-state index >= 15 is 0 Å². The number of amides is 1. The molecule has 2 aliphatic rings. The van der Waals surface area contributed by atoms with Crippen LogP contribution in [0.5, 0.6) is 0 Å². The van der Waals surface area contributed by atoms with Gasteiger partial charge in [-0.3, -0.25) is 9.59 Å². The highest BCUT2D eigenvalue weighted by Crippen LogP contribution is 2.45. The summed E-state index contributed by atoms with van der Waals surface area (Å²) in [6, 6.07) is 18.0. The average molecular weight is 335 g/mol. The van der Waals surface area contributed by atoms with E-state index in [0.717, 1.165) is 18.4 Å². The lowest BCUT2D eigenvalue weighted by Gasteiger charge is -2.28. The fourth-order valence-corrected chi connectivity index (χ4v) is 4.03. The third-order valence-electron chi connectivity index (χ3n) is 5.25. The molecule has 1 amide bonds. The topological polar surface area (TPSA) is 55.4 Å². The maximum absolute atomic E-state index is 12.4. The normalized spacial score (nSPS) is 24.2. The summed E-state index contributed by atoms with van der Waals surface area (Å²) in [6.07, 6.45) is 1.86. The molecule has 2 aromatic rings. The van der Waals surface area contributed by atoms with Gasteiger partial charge in [-0.2, -0.15) is 0 Å². The van der Waals surface area contributed by atoms with Crippen LogP contribution in [0.2, 0.25) is 0 Å². The lowest BCUT2D eigenvalue weighted by atomic mass is 9.74. The quantitative estimate of drug-likeness (QED) is 0.874. The first-order valence-corrected chi connectivity index (χ1v) is 8.81. The van der Waals surface area contributed by atoms with Crippen LogP contribution in [0.25, 0.3) is 0 Å². The van der Waals surface area contributed by atoms with E-state index in [-0.39, 0.29) is 36.2 Å². The van der Waals surface area contributed by atoms with Crippen molar-refractivity contribution < 1.29 is 14.3 Å². The molecule has 1 fully saturated rings. The standard InChI is InChI=1S/C21H21NO3/c23-19(22-13-14-6-2-1-3-7-14)12-17-20-16-9-5-4-8-15(16)10-11-18(20)25-21(17)24/h1-9,17-18,20H,10-13H2,(H,22,23). The molecular formula is C21H21NO3. The van der Waals surface area contributed by atoms with Crippen molar-refractivity contribution in [1.82, 2.24) is 5.32 Å². The van der Waals surface area contributed by atoms with Crippen LogP contribution in [-0.4, -0.2) is 18.0 Å². The molecule has 1 aliphatic heterocycles. The van der Waals surface area contributed by atoms with Crippen molar-refractivity contribution in [3.05, 3.63) is 71.3 Å². The van der Waals surface area contributed by atoms with Crippen LogP contribution >= 0.6 is 0 Å². The zero-order chi connectivity index (χ0) is 17.2. The van der Waals surface area contributed by atoms with E-state index in [1.165, 1.54) is 11.1 Å². The average Bonchev–Trinajstić information content (AvgIpc) is 2.97. The number of esters is 1. The molecule has 4 nitrogen and oxygen atoms in total. The van der Waals surface area contributed by atoms with Crippen LogP contribution < -0.4 is 5.32 Å². The third kappa shape index (κ3) is 3.16. The number of nitrogens with one attached hydrogen (secondary N) is 1. The van der Waals surface area contributed by atoms with Gasteiger partial charge in [0.25, 0.3) is 0 Å².